The van der Waals surface area contributed by atoms with Crippen molar-refractivity contribution in [3.8, 4) is 0 Å². The second-order valence-electron chi connectivity index (χ2n) is 4.22. The summed E-state index contributed by atoms with van der Waals surface area (Å²) in [6.07, 6.45) is 1.02. The number of rotatable bonds is 6. The van der Waals surface area contributed by atoms with Crippen LogP contribution in [-0.2, 0) is 6.54 Å². The minimum absolute atomic E-state index is 0.158. The Bertz CT molecular complexity index is 585. The van der Waals surface area contributed by atoms with E-state index < -0.39 is 0 Å². The molecule has 0 aromatic carbocycles. The minimum Gasteiger partial charge on any atom is -0.370 e. The van der Waals surface area contributed by atoms with Gasteiger partial charge >= 0.3 is 0 Å². The van der Waals surface area contributed by atoms with Crippen molar-refractivity contribution in [2.24, 2.45) is 0 Å². The zero-order valence-corrected chi connectivity index (χ0v) is 13.6. The van der Waals surface area contributed by atoms with Gasteiger partial charge in [-0.05, 0) is 46.6 Å². The molecule has 0 fully saturated rings. The van der Waals surface area contributed by atoms with Crippen molar-refractivity contribution in [1.29, 1.82) is 0 Å². The molecule has 0 unspecified atom stereocenters. The van der Waals surface area contributed by atoms with Crippen molar-refractivity contribution in [2.45, 2.75) is 19.9 Å². The van der Waals surface area contributed by atoms with E-state index in [9.17, 15) is 4.79 Å². The lowest BCUT2D eigenvalue weighted by molar-refractivity contribution is 0.0946. The molecule has 0 aliphatic carbocycles. The van der Waals surface area contributed by atoms with Crippen LogP contribution < -0.4 is 10.6 Å². The van der Waals surface area contributed by atoms with Crippen molar-refractivity contribution < 1.29 is 4.79 Å². The van der Waals surface area contributed by atoms with E-state index in [1.165, 1.54) is 0 Å². The van der Waals surface area contributed by atoms with Gasteiger partial charge in [-0.15, -0.1) is 11.3 Å². The van der Waals surface area contributed by atoms with Crippen molar-refractivity contribution in [1.82, 2.24) is 10.3 Å². The summed E-state index contributed by atoms with van der Waals surface area (Å²) in [6.45, 7) is 3.45. The van der Waals surface area contributed by atoms with Crippen molar-refractivity contribution in [2.75, 3.05) is 11.9 Å². The van der Waals surface area contributed by atoms with Crippen LogP contribution in [0.15, 0.2) is 34.1 Å². The first-order valence-electron chi connectivity index (χ1n) is 6.42. The molecule has 20 heavy (non-hydrogen) atoms. The third kappa shape index (κ3) is 4.31. The molecule has 6 heteroatoms. The van der Waals surface area contributed by atoms with Gasteiger partial charge in [0.15, 0.2) is 0 Å². The number of aromatic nitrogens is 1. The number of anilines is 1. The highest BCUT2D eigenvalue weighted by Gasteiger charge is 2.08. The maximum absolute atomic E-state index is 12.0. The number of halogens is 1. The van der Waals surface area contributed by atoms with Crippen molar-refractivity contribution in [3.63, 3.8) is 0 Å². The van der Waals surface area contributed by atoms with E-state index in [1.54, 1.807) is 17.4 Å². The van der Waals surface area contributed by atoms with Crippen LogP contribution in [0.4, 0.5) is 5.82 Å². The van der Waals surface area contributed by atoms with Gasteiger partial charge in [-0.2, -0.15) is 0 Å². The number of nitrogens with one attached hydrogen (secondary N) is 2. The molecule has 2 aromatic rings. The summed E-state index contributed by atoms with van der Waals surface area (Å²) in [5, 5.41) is 6.04. The summed E-state index contributed by atoms with van der Waals surface area (Å²) in [5.41, 5.74) is 0.432. The lowest BCUT2D eigenvalue weighted by Gasteiger charge is -2.06. The molecule has 1 amide bonds. The number of hydrogen-bond acceptors (Lipinski definition) is 4. The van der Waals surface area contributed by atoms with Gasteiger partial charge < -0.3 is 10.6 Å². The number of amides is 1. The Labute approximate surface area is 130 Å². The van der Waals surface area contributed by atoms with Crippen LogP contribution in [0, 0.1) is 0 Å². The Morgan fingerprint density at radius 1 is 1.35 bits per heavy atom. The highest BCUT2D eigenvalue weighted by molar-refractivity contribution is 9.11. The Morgan fingerprint density at radius 3 is 2.90 bits per heavy atom. The summed E-state index contributed by atoms with van der Waals surface area (Å²) >= 11 is 5.01. The number of pyridine rings is 1. The van der Waals surface area contributed by atoms with Gasteiger partial charge in [-0.25, -0.2) is 4.98 Å². The van der Waals surface area contributed by atoms with E-state index in [0.29, 0.717) is 12.2 Å². The van der Waals surface area contributed by atoms with Gasteiger partial charge in [0.2, 0.25) is 0 Å². The Balaban J connectivity index is 1.94. The van der Waals surface area contributed by atoms with E-state index in [2.05, 4.69) is 38.5 Å². The summed E-state index contributed by atoms with van der Waals surface area (Å²) in [6, 6.07) is 9.38. The highest BCUT2D eigenvalue weighted by atomic mass is 79.9. The van der Waals surface area contributed by atoms with Gasteiger partial charge in [0, 0.05) is 11.4 Å². The van der Waals surface area contributed by atoms with Gasteiger partial charge in [-0.1, -0.05) is 13.0 Å². The molecular formula is C14H16BrN3OS. The molecule has 0 atom stereocenters. The fourth-order valence-electron chi connectivity index (χ4n) is 1.62. The molecule has 0 spiro atoms. The molecule has 106 valence electrons. The molecule has 4 nitrogen and oxygen atoms in total. The fourth-order valence-corrected chi connectivity index (χ4v) is 3.04. The second-order valence-corrected chi connectivity index (χ2v) is 6.77. The maximum atomic E-state index is 12.0. The van der Waals surface area contributed by atoms with E-state index in [-0.39, 0.29) is 5.91 Å². The Kier molecular flexibility index (Phi) is 5.55. The maximum Gasteiger partial charge on any atom is 0.270 e. The highest BCUT2D eigenvalue weighted by Crippen LogP contribution is 2.21. The number of hydrogen-bond donors (Lipinski definition) is 2. The van der Waals surface area contributed by atoms with E-state index in [1.807, 2.05) is 24.3 Å². The first-order valence-corrected chi connectivity index (χ1v) is 8.03. The molecule has 2 aromatic heterocycles. The minimum atomic E-state index is -0.158. The Hall–Kier alpha value is -1.40. The van der Waals surface area contributed by atoms with Crippen LogP contribution in [0.5, 0.6) is 0 Å². The third-order valence-corrected chi connectivity index (χ3v) is 4.21. The molecule has 0 radical (unpaired) electrons. The first kappa shape index (κ1) is 15.0. The Morgan fingerprint density at radius 2 is 2.20 bits per heavy atom. The van der Waals surface area contributed by atoms with Crippen molar-refractivity contribution in [3.05, 3.63) is 44.7 Å². The average molecular weight is 354 g/mol. The van der Waals surface area contributed by atoms with Gasteiger partial charge in [-0.3, -0.25) is 4.79 Å². The SMILES string of the molecule is CCCNc1cccc(C(=O)NCc2ccc(Br)s2)n1. The number of carbonyl (C=O) groups excluding carboxylic acids is 1. The normalized spacial score (nSPS) is 10.3. The number of nitrogens with zero attached hydrogens (tertiary/aromatic N) is 1. The smallest absolute Gasteiger partial charge is 0.270 e. The van der Waals surface area contributed by atoms with E-state index >= 15 is 0 Å². The van der Waals surface area contributed by atoms with Crippen LogP contribution in [0.25, 0.3) is 0 Å². The second kappa shape index (κ2) is 7.40. The topological polar surface area (TPSA) is 54.0 Å². The number of carbonyl (C=O) groups is 1. The zero-order valence-electron chi connectivity index (χ0n) is 11.1. The average Bonchev–Trinajstić information content (AvgIpc) is 2.88. The quantitative estimate of drug-likeness (QED) is 0.833. The van der Waals surface area contributed by atoms with Crippen molar-refractivity contribution >= 4 is 39.0 Å². The predicted octanol–water partition coefficient (Wildman–Crippen LogP) is 3.66. The summed E-state index contributed by atoms with van der Waals surface area (Å²) < 4.78 is 1.06. The molecule has 2 N–H and O–H groups in total. The molecule has 2 rings (SSSR count). The lowest BCUT2D eigenvalue weighted by atomic mass is 10.3. The molecule has 0 saturated heterocycles. The van der Waals surface area contributed by atoms with Crippen LogP contribution >= 0.6 is 27.3 Å². The van der Waals surface area contributed by atoms with E-state index in [4.69, 9.17) is 0 Å². The molecular weight excluding hydrogens is 338 g/mol. The monoisotopic (exact) mass is 353 g/mol. The first-order chi connectivity index (χ1) is 9.69. The molecule has 2 heterocycles. The number of thiophene rings is 1. The van der Waals surface area contributed by atoms with Gasteiger partial charge in [0.05, 0.1) is 10.3 Å². The summed E-state index contributed by atoms with van der Waals surface area (Å²) in [4.78, 5) is 17.4. The molecule has 0 saturated carbocycles. The predicted molar refractivity (Wildman–Crippen MR) is 86.2 cm³/mol. The van der Waals surface area contributed by atoms with Crippen LogP contribution in [0.3, 0.4) is 0 Å². The molecule has 0 aliphatic rings. The lowest BCUT2D eigenvalue weighted by Crippen LogP contribution is -2.23. The molecule has 0 aliphatic heterocycles. The summed E-state index contributed by atoms with van der Waals surface area (Å²) in [5.74, 6) is 0.577. The summed E-state index contributed by atoms with van der Waals surface area (Å²) in [7, 11) is 0. The van der Waals surface area contributed by atoms with Crippen LogP contribution in [0.2, 0.25) is 0 Å². The zero-order chi connectivity index (χ0) is 14.4. The fraction of sp³-hybridized carbons (Fsp3) is 0.286. The standard InChI is InChI=1S/C14H16BrN3OS/c1-2-8-16-13-5-3-4-11(18-13)14(19)17-9-10-6-7-12(15)20-10/h3-7H,2,8-9H2,1H3,(H,16,18)(H,17,19). The van der Waals surface area contributed by atoms with Crippen LogP contribution in [0.1, 0.15) is 28.7 Å². The largest absolute Gasteiger partial charge is 0.370 e. The van der Waals surface area contributed by atoms with Gasteiger partial charge in [0.25, 0.3) is 5.91 Å². The third-order valence-electron chi connectivity index (χ3n) is 2.59. The van der Waals surface area contributed by atoms with Gasteiger partial charge in [0.1, 0.15) is 11.5 Å². The van der Waals surface area contributed by atoms with Crippen LogP contribution in [-0.4, -0.2) is 17.4 Å². The molecule has 0 bridgehead atoms. The van der Waals surface area contributed by atoms with E-state index in [0.717, 1.165) is 27.4 Å².